The van der Waals surface area contributed by atoms with E-state index in [1.165, 1.54) is 25.6 Å². The van der Waals surface area contributed by atoms with Crippen molar-refractivity contribution in [2.24, 2.45) is 0 Å². The molecule has 0 saturated carbocycles. The first-order valence-corrected chi connectivity index (χ1v) is 17.4. The molecule has 268 valence electrons. The summed E-state index contributed by atoms with van der Waals surface area (Å²) in [5, 5.41) is 12.9. The van der Waals surface area contributed by atoms with Crippen LogP contribution in [0, 0.1) is 11.6 Å². The number of halogens is 4. The number of methoxy groups -OCH3 is 1. The number of benzene rings is 1. The van der Waals surface area contributed by atoms with E-state index >= 15 is 8.78 Å². The van der Waals surface area contributed by atoms with Gasteiger partial charge in [-0.15, -0.1) is 0 Å². The zero-order chi connectivity index (χ0) is 36.1. The first-order valence-electron chi connectivity index (χ1n) is 16.7. The molecule has 0 spiro atoms. The molecule has 1 atom stereocenters. The minimum absolute atomic E-state index is 0.00176. The van der Waals surface area contributed by atoms with Crippen LogP contribution in [0.25, 0.3) is 22.5 Å². The highest BCUT2D eigenvalue weighted by Crippen LogP contribution is 2.41. The fourth-order valence-electron chi connectivity index (χ4n) is 6.32. The number of carbonyl (C=O) groups excluding carboxylic acids is 2. The monoisotopic (exact) mass is 738 g/mol. The first-order chi connectivity index (χ1) is 24.6. The zero-order valence-corrected chi connectivity index (χ0v) is 29.7. The van der Waals surface area contributed by atoms with Crippen molar-refractivity contribution in [2.45, 2.75) is 57.8 Å². The Balaban J connectivity index is 1.18. The van der Waals surface area contributed by atoms with Crippen molar-refractivity contribution in [1.29, 1.82) is 0 Å². The fraction of sp³-hybridized carbons (Fsp3) is 0.361. The predicted octanol–water partition coefficient (Wildman–Crippen LogP) is 6.01. The molecule has 0 unspecified atom stereocenters. The van der Waals surface area contributed by atoms with Crippen LogP contribution in [0.2, 0.25) is 10.0 Å². The molecule has 0 aliphatic carbocycles. The highest BCUT2D eigenvalue weighted by atomic mass is 35.5. The average molecular weight is 740 g/mol. The molecular formula is C36H38Cl2F2N8O3. The maximum Gasteiger partial charge on any atom is 0.221 e. The summed E-state index contributed by atoms with van der Waals surface area (Å²) in [6.07, 6.45) is 5.83. The normalized spacial score (nSPS) is 16.3. The number of amides is 2. The Labute approximate surface area is 304 Å². The van der Waals surface area contributed by atoms with Crippen molar-refractivity contribution in [2.75, 3.05) is 32.1 Å². The fourth-order valence-corrected chi connectivity index (χ4v) is 6.89. The SMILES string of the molecule is COc1nc(-c2ccnc(-c3cccc(Nc4nccc(CNC5CCN(C(C)=O)CC5)c4F)c3Cl)c2Cl)cc(F)c1CNC[C@H]1CCC(=O)N1. The van der Waals surface area contributed by atoms with Crippen LogP contribution in [-0.4, -0.2) is 70.5 Å². The summed E-state index contributed by atoms with van der Waals surface area (Å²) < 4.78 is 36.6. The number of rotatable bonds is 12. The summed E-state index contributed by atoms with van der Waals surface area (Å²) in [5.74, 6) is -0.886. The van der Waals surface area contributed by atoms with Crippen LogP contribution in [0.15, 0.2) is 48.8 Å². The number of aromatic nitrogens is 3. The van der Waals surface area contributed by atoms with E-state index in [9.17, 15) is 9.59 Å². The molecule has 4 aromatic rings. The summed E-state index contributed by atoms with van der Waals surface area (Å²) in [6, 6.07) is 9.83. The molecule has 0 bridgehead atoms. The predicted molar refractivity (Wildman–Crippen MR) is 192 cm³/mol. The summed E-state index contributed by atoms with van der Waals surface area (Å²) in [6.45, 7) is 3.84. The molecule has 2 amide bonds. The third kappa shape index (κ3) is 8.39. The molecule has 2 aliphatic heterocycles. The average Bonchev–Trinajstić information content (AvgIpc) is 3.54. The Bertz CT molecular complexity index is 1930. The molecule has 3 aromatic heterocycles. The van der Waals surface area contributed by atoms with Gasteiger partial charge in [-0.05, 0) is 37.5 Å². The van der Waals surface area contributed by atoms with Crippen LogP contribution in [0.3, 0.4) is 0 Å². The number of hydrogen-bond acceptors (Lipinski definition) is 9. The number of nitrogens with zero attached hydrogens (tertiary/aromatic N) is 4. The minimum Gasteiger partial charge on any atom is -0.481 e. The summed E-state index contributed by atoms with van der Waals surface area (Å²) in [7, 11) is 1.41. The van der Waals surface area contributed by atoms with Gasteiger partial charge < -0.3 is 30.9 Å². The van der Waals surface area contributed by atoms with Crippen molar-refractivity contribution in [3.63, 3.8) is 0 Å². The smallest absolute Gasteiger partial charge is 0.221 e. The number of carbonyl (C=O) groups is 2. The molecule has 51 heavy (non-hydrogen) atoms. The number of likely N-dealkylation sites (tertiary alicyclic amines) is 1. The molecule has 4 N–H and O–H groups in total. The topological polar surface area (TPSA) is 133 Å². The van der Waals surface area contributed by atoms with Crippen LogP contribution >= 0.6 is 23.2 Å². The number of pyridine rings is 3. The molecule has 5 heterocycles. The van der Waals surface area contributed by atoms with Crippen LogP contribution in [0.4, 0.5) is 20.3 Å². The van der Waals surface area contributed by atoms with Crippen molar-refractivity contribution in [3.05, 3.63) is 81.6 Å². The van der Waals surface area contributed by atoms with Gasteiger partial charge in [-0.1, -0.05) is 35.3 Å². The third-order valence-electron chi connectivity index (χ3n) is 9.17. The van der Waals surface area contributed by atoms with Crippen molar-refractivity contribution in [3.8, 4) is 28.4 Å². The van der Waals surface area contributed by atoms with Gasteiger partial charge in [-0.3, -0.25) is 14.6 Å². The summed E-state index contributed by atoms with van der Waals surface area (Å²) in [5.41, 5.74) is 2.47. The molecule has 15 heteroatoms. The van der Waals surface area contributed by atoms with E-state index in [1.807, 2.05) is 4.90 Å². The number of hydrogen-bond donors (Lipinski definition) is 4. The van der Waals surface area contributed by atoms with E-state index in [2.05, 4.69) is 36.2 Å². The number of piperidine rings is 1. The van der Waals surface area contributed by atoms with Crippen LogP contribution < -0.4 is 26.0 Å². The summed E-state index contributed by atoms with van der Waals surface area (Å²) >= 11 is 13.8. The molecule has 6 rings (SSSR count). The molecule has 11 nitrogen and oxygen atoms in total. The second-order valence-corrected chi connectivity index (χ2v) is 13.3. The van der Waals surface area contributed by atoms with Crippen molar-refractivity contribution < 1.29 is 23.1 Å². The van der Waals surface area contributed by atoms with Gasteiger partial charge in [0, 0.05) is 93.3 Å². The Morgan fingerprint density at radius 2 is 1.82 bits per heavy atom. The van der Waals surface area contributed by atoms with E-state index in [4.69, 9.17) is 27.9 Å². The van der Waals surface area contributed by atoms with E-state index < -0.39 is 11.6 Å². The van der Waals surface area contributed by atoms with E-state index in [0.717, 1.165) is 19.3 Å². The number of anilines is 2. The quantitative estimate of drug-likeness (QED) is 0.138. The molecule has 2 aliphatic rings. The minimum atomic E-state index is -0.538. The maximum absolute atomic E-state index is 15.7. The van der Waals surface area contributed by atoms with Gasteiger partial charge in [0.1, 0.15) is 5.82 Å². The highest BCUT2D eigenvalue weighted by molar-refractivity contribution is 6.39. The second kappa shape index (κ2) is 16.3. The van der Waals surface area contributed by atoms with Gasteiger partial charge in [0.2, 0.25) is 17.7 Å². The lowest BCUT2D eigenvalue weighted by Crippen LogP contribution is -2.44. The summed E-state index contributed by atoms with van der Waals surface area (Å²) in [4.78, 5) is 38.2. The van der Waals surface area contributed by atoms with Gasteiger partial charge in [0.05, 0.1) is 39.8 Å². The van der Waals surface area contributed by atoms with Gasteiger partial charge in [0.25, 0.3) is 0 Å². The molecule has 0 radical (unpaired) electrons. The number of nitrogens with one attached hydrogen (secondary N) is 4. The number of ether oxygens (including phenoxy) is 1. The Morgan fingerprint density at radius 1 is 1.04 bits per heavy atom. The van der Waals surface area contributed by atoms with E-state index in [-0.39, 0.29) is 63.4 Å². The van der Waals surface area contributed by atoms with Crippen LogP contribution in [0.1, 0.15) is 43.7 Å². The van der Waals surface area contributed by atoms with Crippen LogP contribution in [0.5, 0.6) is 5.88 Å². The van der Waals surface area contributed by atoms with Gasteiger partial charge in [-0.25, -0.2) is 18.7 Å². The first kappa shape index (κ1) is 36.4. The van der Waals surface area contributed by atoms with E-state index in [1.54, 1.807) is 37.3 Å². The lowest BCUT2D eigenvalue weighted by Gasteiger charge is -2.31. The molecule has 1 aromatic carbocycles. The third-order valence-corrected chi connectivity index (χ3v) is 9.96. The van der Waals surface area contributed by atoms with Crippen molar-refractivity contribution >= 4 is 46.5 Å². The van der Waals surface area contributed by atoms with Crippen LogP contribution in [-0.2, 0) is 22.7 Å². The Kier molecular flexibility index (Phi) is 11.6. The zero-order valence-electron chi connectivity index (χ0n) is 28.2. The standard InChI is InChI=1S/C36H38Cl2F2N8O3/c1-20(49)48-14-10-22(11-15-48)44-17-21-8-12-43-35(33(21)40)46-28-5-3-4-25(31(28)37)34-32(38)24(9-13-42-34)29-16-27(39)26(36(47-29)51-2)19-41-18-23-6-7-30(50)45-23/h3-5,8-9,12-13,16,22-23,41,44H,6-7,10-11,14-15,17-19H2,1-2H3,(H,43,46)(H,45,50)/t23-/m1/s1. The Hall–Kier alpha value is -4.43. The second-order valence-electron chi connectivity index (χ2n) is 12.5. The molecular weight excluding hydrogens is 701 g/mol. The highest BCUT2D eigenvalue weighted by Gasteiger charge is 2.24. The maximum atomic E-state index is 15.7. The largest absolute Gasteiger partial charge is 0.481 e. The van der Waals surface area contributed by atoms with E-state index in [0.29, 0.717) is 60.7 Å². The van der Waals surface area contributed by atoms with Gasteiger partial charge in [-0.2, -0.15) is 0 Å². The van der Waals surface area contributed by atoms with Gasteiger partial charge >= 0.3 is 0 Å². The lowest BCUT2D eigenvalue weighted by atomic mass is 10.0. The molecule has 2 saturated heterocycles. The Morgan fingerprint density at radius 3 is 2.55 bits per heavy atom. The lowest BCUT2D eigenvalue weighted by molar-refractivity contribution is -0.130. The van der Waals surface area contributed by atoms with Crippen molar-refractivity contribution in [1.82, 2.24) is 35.8 Å². The molecule has 2 fully saturated rings. The van der Waals surface area contributed by atoms with Gasteiger partial charge in [0.15, 0.2) is 11.6 Å².